The van der Waals surface area contributed by atoms with E-state index in [1.165, 1.54) is 16.2 Å². The van der Waals surface area contributed by atoms with Crippen molar-refractivity contribution < 1.29 is 41.8 Å². The average Bonchev–Trinajstić information content (AvgIpc) is 3.95. The molecule has 330 valence electrons. The van der Waals surface area contributed by atoms with E-state index in [0.717, 1.165) is 24.1 Å². The molecule has 1 saturated heterocycles. The van der Waals surface area contributed by atoms with Crippen LogP contribution in [0.4, 0.5) is 4.79 Å². The number of allylic oxidation sites excluding steroid dienone is 1. The summed E-state index contributed by atoms with van der Waals surface area (Å²) < 4.78 is 45.8. The first-order valence-corrected chi connectivity index (χ1v) is 23.6. The van der Waals surface area contributed by atoms with E-state index < -0.39 is 73.8 Å². The quantitative estimate of drug-likeness (QED) is 0.200. The first-order chi connectivity index (χ1) is 28.7. The van der Waals surface area contributed by atoms with Crippen LogP contribution in [-0.2, 0) is 29.1 Å². The molecule has 17 heteroatoms. The fourth-order valence-electron chi connectivity index (χ4n) is 8.05. The molecule has 4 amide bonds. The lowest BCUT2D eigenvalue weighted by Gasteiger charge is -2.30. The lowest BCUT2D eigenvalue weighted by atomic mass is 10.0. The van der Waals surface area contributed by atoms with Crippen molar-refractivity contribution in [2.45, 2.75) is 146 Å². The zero-order chi connectivity index (χ0) is 44.1. The second-order valence-corrected chi connectivity index (χ2v) is 21.5. The molecule has 3 aromatic rings. The molecule has 3 fully saturated rings. The summed E-state index contributed by atoms with van der Waals surface area (Å²) in [5.41, 5.74) is 0.611. The number of hydrogen-bond acceptors (Lipinski definition) is 12. The van der Waals surface area contributed by atoms with E-state index in [-0.39, 0.29) is 25.3 Å². The number of rotatable bonds is 9. The molecule has 2 saturated carbocycles. The third kappa shape index (κ3) is 9.37. The van der Waals surface area contributed by atoms with Crippen LogP contribution >= 0.6 is 11.3 Å². The maximum absolute atomic E-state index is 14.8. The van der Waals surface area contributed by atoms with E-state index in [9.17, 15) is 27.6 Å². The number of carbonyl (C=O) groups is 4. The molecule has 0 bridgehead atoms. The lowest BCUT2D eigenvalue weighted by Crippen LogP contribution is -2.58. The molecule has 61 heavy (non-hydrogen) atoms. The molecule has 5 unspecified atom stereocenters. The molecular weight excluding hydrogens is 821 g/mol. The molecule has 2 aromatic heterocycles. The van der Waals surface area contributed by atoms with Crippen molar-refractivity contribution in [1.29, 1.82) is 0 Å². The van der Waals surface area contributed by atoms with E-state index in [0.29, 0.717) is 65.2 Å². The highest BCUT2D eigenvalue weighted by Gasteiger charge is 2.63. The van der Waals surface area contributed by atoms with Crippen molar-refractivity contribution in [2.75, 3.05) is 13.7 Å². The number of ether oxygens (including phenoxy) is 3. The van der Waals surface area contributed by atoms with Crippen molar-refractivity contribution in [3.05, 3.63) is 47.0 Å². The number of pyridine rings is 1. The number of nitrogens with one attached hydrogen (secondary N) is 3. The van der Waals surface area contributed by atoms with Crippen molar-refractivity contribution in [3.63, 3.8) is 0 Å². The number of nitrogens with zero attached hydrogens (tertiary/aromatic N) is 3. The normalized spacial score (nSPS) is 25.4. The maximum atomic E-state index is 14.8. The molecule has 0 spiro atoms. The standard InChI is InChI=1S/C44H58N6O9S2/c1-25(2)32-24-60-38(46-32)31-21-35(29-16-17-34(57-8)26(3)36(29)45-31)58-28-20-33-37(51)48-44(40(53)49-61(55,56)43(7)18-19-43)22-27(44)14-12-10-9-11-13-15-30(39(52)50(33)23-28)47-41(54)59-42(4,5)6/h12,14,16-17,21,24-25,27-28,30,33H,9-11,13,15,18-20,22-23H2,1-8H3,(H,47,54)(H,48,51)(H,49,53). The fourth-order valence-corrected chi connectivity index (χ4v) is 10.3. The van der Waals surface area contributed by atoms with Gasteiger partial charge in [0.2, 0.25) is 21.8 Å². The largest absolute Gasteiger partial charge is 0.496 e. The minimum atomic E-state index is -4.01. The Balaban J connectivity index is 1.25. The molecular formula is C44H58N6O9S2. The molecule has 4 aliphatic rings. The fraction of sp³-hybridized carbons (Fsp3) is 0.591. The van der Waals surface area contributed by atoms with Crippen LogP contribution in [0.25, 0.3) is 21.6 Å². The first-order valence-electron chi connectivity index (χ1n) is 21.2. The Morgan fingerprint density at radius 3 is 2.51 bits per heavy atom. The third-order valence-electron chi connectivity index (χ3n) is 12.2. The Bertz CT molecular complexity index is 2350. The highest BCUT2D eigenvalue weighted by atomic mass is 32.2. The van der Waals surface area contributed by atoms with Gasteiger partial charge in [-0.25, -0.2) is 23.2 Å². The minimum absolute atomic E-state index is 0.0261. The summed E-state index contributed by atoms with van der Waals surface area (Å²) in [4.78, 5) is 67.9. The van der Waals surface area contributed by atoms with Gasteiger partial charge in [-0.2, -0.15) is 0 Å². The van der Waals surface area contributed by atoms with E-state index in [1.54, 1.807) is 34.8 Å². The van der Waals surface area contributed by atoms with E-state index >= 15 is 0 Å². The number of hydrogen-bond donors (Lipinski definition) is 3. The van der Waals surface area contributed by atoms with Crippen LogP contribution in [0.5, 0.6) is 11.5 Å². The summed E-state index contributed by atoms with van der Waals surface area (Å²) in [6.07, 6.45) is 6.57. The van der Waals surface area contributed by atoms with Crippen LogP contribution in [0.2, 0.25) is 0 Å². The molecule has 4 heterocycles. The molecule has 15 nitrogen and oxygen atoms in total. The van der Waals surface area contributed by atoms with Gasteiger partial charge >= 0.3 is 6.09 Å². The lowest BCUT2D eigenvalue weighted by molar-refractivity contribution is -0.141. The second kappa shape index (κ2) is 16.8. The Morgan fingerprint density at radius 2 is 1.84 bits per heavy atom. The zero-order valence-electron chi connectivity index (χ0n) is 36.3. The number of benzene rings is 1. The third-order valence-corrected chi connectivity index (χ3v) is 15.2. The van der Waals surface area contributed by atoms with Gasteiger partial charge in [0.15, 0.2) is 0 Å². The number of thiazole rings is 1. The van der Waals surface area contributed by atoms with Crippen LogP contribution in [0.3, 0.4) is 0 Å². The monoisotopic (exact) mass is 878 g/mol. The van der Waals surface area contributed by atoms with E-state index in [4.69, 9.17) is 24.2 Å². The van der Waals surface area contributed by atoms with Crippen molar-refractivity contribution >= 4 is 56.1 Å². The first kappa shape index (κ1) is 44.3. The number of methoxy groups -OCH3 is 1. The predicted octanol–water partition coefficient (Wildman–Crippen LogP) is 6.43. The smallest absolute Gasteiger partial charge is 0.408 e. The number of amides is 4. The summed E-state index contributed by atoms with van der Waals surface area (Å²) in [6.45, 7) is 12.8. The van der Waals surface area contributed by atoms with Gasteiger partial charge < -0.3 is 29.7 Å². The summed E-state index contributed by atoms with van der Waals surface area (Å²) >= 11 is 1.48. The second-order valence-electron chi connectivity index (χ2n) is 18.4. The SMILES string of the molecule is COc1ccc2c(OC3CC4C(=O)NC5(C(=O)NS(=O)(=O)C6(C)CC6)CC5C=CCCCCCC(NC(=O)OC(C)(C)C)C(=O)N4C3)cc(-c3nc(C(C)C)cs3)nc2c1C. The van der Waals surface area contributed by atoms with Gasteiger partial charge in [-0.1, -0.05) is 38.8 Å². The van der Waals surface area contributed by atoms with Crippen LogP contribution in [0.15, 0.2) is 35.7 Å². The minimum Gasteiger partial charge on any atom is -0.496 e. The maximum Gasteiger partial charge on any atom is 0.408 e. The predicted molar refractivity (Wildman–Crippen MR) is 232 cm³/mol. The van der Waals surface area contributed by atoms with Crippen molar-refractivity contribution in [3.8, 4) is 22.2 Å². The van der Waals surface area contributed by atoms with Crippen molar-refractivity contribution in [2.24, 2.45) is 5.92 Å². The topological polar surface area (TPSA) is 195 Å². The number of alkyl carbamates (subject to hydrolysis) is 1. The highest BCUT2D eigenvalue weighted by molar-refractivity contribution is 7.91. The number of carbonyl (C=O) groups excluding carboxylic acids is 4. The van der Waals surface area contributed by atoms with Crippen LogP contribution in [-0.4, -0.2) is 94.8 Å². The van der Waals surface area contributed by atoms with Gasteiger partial charge in [0, 0.05) is 34.7 Å². The molecule has 7 rings (SSSR count). The average molecular weight is 879 g/mol. The number of aryl methyl sites for hydroxylation is 1. The number of aromatic nitrogens is 2. The Labute approximate surface area is 361 Å². The van der Waals surface area contributed by atoms with Gasteiger partial charge in [0.1, 0.15) is 51.5 Å². The molecule has 1 aromatic carbocycles. The molecule has 5 atom stereocenters. The van der Waals surface area contributed by atoms with Crippen LogP contribution in [0, 0.1) is 12.8 Å². The Hall–Kier alpha value is -4.77. The van der Waals surface area contributed by atoms with Gasteiger partial charge in [0.05, 0.1) is 29.6 Å². The molecule has 0 radical (unpaired) electrons. The molecule has 2 aliphatic carbocycles. The summed E-state index contributed by atoms with van der Waals surface area (Å²) in [7, 11) is -2.42. The number of sulfonamides is 1. The van der Waals surface area contributed by atoms with Crippen LogP contribution < -0.4 is 24.8 Å². The van der Waals surface area contributed by atoms with Gasteiger partial charge in [-0.15, -0.1) is 11.3 Å². The van der Waals surface area contributed by atoms with Gasteiger partial charge in [-0.05, 0) is 91.2 Å². The summed E-state index contributed by atoms with van der Waals surface area (Å²) in [5, 5.41) is 9.11. The van der Waals surface area contributed by atoms with Gasteiger partial charge in [-0.3, -0.25) is 19.1 Å². The Morgan fingerprint density at radius 1 is 1.08 bits per heavy atom. The summed E-state index contributed by atoms with van der Waals surface area (Å²) in [6, 6.07) is 3.36. The van der Waals surface area contributed by atoms with Crippen LogP contribution in [0.1, 0.15) is 117 Å². The Kier molecular flexibility index (Phi) is 12.2. The van der Waals surface area contributed by atoms with E-state index in [2.05, 4.69) is 29.2 Å². The van der Waals surface area contributed by atoms with E-state index in [1.807, 2.05) is 42.7 Å². The molecule has 3 N–H and O–H groups in total. The van der Waals surface area contributed by atoms with Crippen molar-refractivity contribution in [1.82, 2.24) is 30.2 Å². The molecule has 2 aliphatic heterocycles. The number of fused-ring (bicyclic) bond motifs is 3. The van der Waals surface area contributed by atoms with Gasteiger partial charge in [0.25, 0.3) is 5.91 Å². The highest BCUT2D eigenvalue weighted by Crippen LogP contribution is 2.48. The summed E-state index contributed by atoms with van der Waals surface area (Å²) in [5.74, 6) is -1.05. The zero-order valence-corrected chi connectivity index (χ0v) is 37.9.